The molecule has 0 bridgehead atoms. The summed E-state index contributed by atoms with van der Waals surface area (Å²) in [5.74, 6) is 1.05. The Hall–Kier alpha value is -2.79. The van der Waals surface area contributed by atoms with E-state index in [4.69, 9.17) is 21.2 Å². The summed E-state index contributed by atoms with van der Waals surface area (Å²) in [4.78, 5) is 7.26. The highest BCUT2D eigenvalue weighted by Crippen LogP contribution is 2.44. The van der Waals surface area contributed by atoms with Gasteiger partial charge in [0.25, 0.3) is 0 Å². The Morgan fingerprint density at radius 1 is 1.16 bits per heavy atom. The monoisotopic (exact) mass is 432 g/mol. The Labute approximate surface area is 192 Å². The first-order chi connectivity index (χ1) is 15.2. The minimum absolute atomic E-state index is 0.168. The van der Waals surface area contributed by atoms with Crippen LogP contribution in [0.4, 0.5) is 5.69 Å². The molecule has 4 rings (SSSR count). The van der Waals surface area contributed by atoms with Gasteiger partial charge in [-0.3, -0.25) is 9.89 Å². The number of nitrogen functional groups attached to an aromatic ring is 1. The lowest BCUT2D eigenvalue weighted by molar-refractivity contribution is 0.137. The third-order valence-electron chi connectivity index (χ3n) is 6.85. The molecule has 0 radical (unpaired) electrons. The number of rotatable bonds is 5. The summed E-state index contributed by atoms with van der Waals surface area (Å²) in [6.07, 6.45) is 6.78. The van der Waals surface area contributed by atoms with Crippen LogP contribution in [0.2, 0.25) is 0 Å². The summed E-state index contributed by atoms with van der Waals surface area (Å²) in [5, 5.41) is 0. The van der Waals surface area contributed by atoms with E-state index in [-0.39, 0.29) is 5.60 Å². The molecule has 0 spiro atoms. The lowest BCUT2D eigenvalue weighted by Gasteiger charge is -2.31. The molecule has 1 fully saturated rings. The van der Waals surface area contributed by atoms with E-state index in [2.05, 4.69) is 32.6 Å². The average molecular weight is 433 g/mol. The molecule has 0 aliphatic carbocycles. The van der Waals surface area contributed by atoms with Gasteiger partial charge in [-0.05, 0) is 68.9 Å². The molecule has 2 aromatic carbocycles. The van der Waals surface area contributed by atoms with Crippen LogP contribution in [-0.4, -0.2) is 35.8 Å². The number of ether oxygens (including phenoxy) is 1. The zero-order chi connectivity index (χ0) is 22.9. The highest BCUT2D eigenvalue weighted by atomic mass is 16.5. The summed E-state index contributed by atoms with van der Waals surface area (Å²) >= 11 is 0. The van der Waals surface area contributed by atoms with Crippen LogP contribution in [-0.2, 0) is 13.0 Å². The molecule has 170 valence electrons. The van der Waals surface area contributed by atoms with E-state index in [1.807, 2.05) is 42.6 Å². The van der Waals surface area contributed by atoms with E-state index in [9.17, 15) is 0 Å². The molecule has 5 nitrogen and oxygen atoms in total. The van der Waals surface area contributed by atoms with Crippen molar-refractivity contribution < 1.29 is 4.74 Å². The number of piperidine rings is 1. The van der Waals surface area contributed by atoms with Crippen molar-refractivity contribution in [2.24, 2.45) is 10.7 Å². The number of nitrogens with two attached hydrogens (primary N) is 2. The molecule has 0 amide bonds. The second kappa shape index (κ2) is 8.99. The van der Waals surface area contributed by atoms with Gasteiger partial charge in [-0.25, -0.2) is 0 Å². The summed E-state index contributed by atoms with van der Waals surface area (Å²) in [7, 11) is 0. The van der Waals surface area contributed by atoms with Gasteiger partial charge in [-0.15, -0.1) is 0 Å². The topological polar surface area (TPSA) is 76.9 Å². The zero-order valence-electron chi connectivity index (χ0n) is 19.8. The third kappa shape index (κ3) is 4.68. The molecule has 4 N–H and O–H groups in total. The minimum atomic E-state index is -0.168. The predicted octanol–water partition coefficient (Wildman–Crippen LogP) is 4.63. The molecule has 0 saturated carbocycles. The Morgan fingerprint density at radius 2 is 1.84 bits per heavy atom. The second-order valence-electron chi connectivity index (χ2n) is 9.78. The molecule has 0 aromatic heterocycles. The van der Waals surface area contributed by atoms with Gasteiger partial charge >= 0.3 is 0 Å². The Morgan fingerprint density at radius 3 is 2.53 bits per heavy atom. The molecule has 2 aromatic rings. The second-order valence-corrected chi connectivity index (χ2v) is 9.78. The molecule has 0 atom stereocenters. The van der Waals surface area contributed by atoms with Gasteiger partial charge in [0.05, 0.1) is 6.04 Å². The molecule has 0 unspecified atom stereocenters. The maximum atomic E-state index is 6.61. The summed E-state index contributed by atoms with van der Waals surface area (Å²) in [6, 6.07) is 10.4. The Balaban J connectivity index is 1.39. The van der Waals surface area contributed by atoms with Crippen molar-refractivity contribution in [2.75, 3.05) is 18.8 Å². The highest BCUT2D eigenvalue weighted by Gasteiger charge is 2.35. The van der Waals surface area contributed by atoms with Gasteiger partial charge in [0, 0.05) is 49.2 Å². The van der Waals surface area contributed by atoms with Crippen LogP contribution in [0.3, 0.4) is 0 Å². The van der Waals surface area contributed by atoms with Crippen LogP contribution < -0.4 is 16.2 Å². The first-order valence-electron chi connectivity index (χ1n) is 11.6. The van der Waals surface area contributed by atoms with Gasteiger partial charge in [0.1, 0.15) is 11.4 Å². The van der Waals surface area contributed by atoms with Crippen LogP contribution >= 0.6 is 0 Å². The molecule has 32 heavy (non-hydrogen) atoms. The van der Waals surface area contributed by atoms with Gasteiger partial charge in [-0.2, -0.15) is 0 Å². The Bertz CT molecular complexity index is 1030. The van der Waals surface area contributed by atoms with Gasteiger partial charge in [0.15, 0.2) is 0 Å². The zero-order valence-corrected chi connectivity index (χ0v) is 19.8. The lowest BCUT2D eigenvalue weighted by Crippen LogP contribution is -2.35. The van der Waals surface area contributed by atoms with E-state index < -0.39 is 0 Å². The lowest BCUT2D eigenvalue weighted by atomic mass is 9.91. The maximum absolute atomic E-state index is 6.61. The third-order valence-corrected chi connectivity index (χ3v) is 6.85. The Kier molecular flexibility index (Phi) is 6.29. The number of hydrogen-bond donors (Lipinski definition) is 2. The van der Waals surface area contributed by atoms with Crippen molar-refractivity contribution in [3.8, 4) is 5.75 Å². The predicted molar refractivity (Wildman–Crippen MR) is 134 cm³/mol. The highest BCUT2D eigenvalue weighted by molar-refractivity contribution is 5.83. The SMILES string of the molecule is Cc1c(C)c2c(c(CN3CCC(N=CC=C(N)c4ccccc4)CC3)c1N)CC(C)(C)O2. The molecular formula is C27H36N4O. The number of likely N-dealkylation sites (tertiary alicyclic amines) is 1. The van der Waals surface area contributed by atoms with Crippen molar-refractivity contribution in [3.63, 3.8) is 0 Å². The quantitative estimate of drug-likeness (QED) is 0.533. The minimum Gasteiger partial charge on any atom is -0.487 e. The molecule has 2 aliphatic heterocycles. The number of fused-ring (bicyclic) bond motifs is 1. The number of aliphatic imine (C=N–C) groups is 1. The summed E-state index contributed by atoms with van der Waals surface area (Å²) in [6.45, 7) is 11.5. The number of hydrogen-bond acceptors (Lipinski definition) is 5. The summed E-state index contributed by atoms with van der Waals surface area (Å²) in [5.41, 5.74) is 20.2. The standard InChI is InChI=1S/C27H36N4O/c1-18-19(2)26-22(16-27(3,4)32-26)23(25(18)29)17-31-14-11-21(12-15-31)30-13-10-24(28)20-8-6-5-7-9-20/h5-10,13,21H,11-12,14-17,28-29H2,1-4H3. The maximum Gasteiger partial charge on any atom is 0.127 e. The largest absolute Gasteiger partial charge is 0.487 e. The first-order valence-corrected chi connectivity index (χ1v) is 11.6. The van der Waals surface area contributed by atoms with Crippen LogP contribution in [0.15, 0.2) is 41.4 Å². The van der Waals surface area contributed by atoms with Crippen molar-refractivity contribution in [1.82, 2.24) is 4.90 Å². The van der Waals surface area contributed by atoms with Crippen molar-refractivity contribution >= 4 is 17.6 Å². The fraction of sp³-hybridized carbons (Fsp3) is 0.444. The smallest absolute Gasteiger partial charge is 0.127 e. The first kappa shape index (κ1) is 22.4. The van der Waals surface area contributed by atoms with Crippen molar-refractivity contribution in [2.45, 2.75) is 65.1 Å². The number of nitrogens with zero attached hydrogens (tertiary/aromatic N) is 2. The average Bonchev–Trinajstić information content (AvgIpc) is 3.12. The normalized spacial score (nSPS) is 19.3. The van der Waals surface area contributed by atoms with Crippen molar-refractivity contribution in [1.29, 1.82) is 0 Å². The van der Waals surface area contributed by atoms with E-state index in [1.165, 1.54) is 16.7 Å². The van der Waals surface area contributed by atoms with E-state index in [1.54, 1.807) is 0 Å². The molecule has 2 heterocycles. The van der Waals surface area contributed by atoms with Gasteiger partial charge < -0.3 is 16.2 Å². The molecule has 5 heteroatoms. The fourth-order valence-corrected chi connectivity index (χ4v) is 4.79. The summed E-state index contributed by atoms with van der Waals surface area (Å²) < 4.78 is 6.29. The van der Waals surface area contributed by atoms with Crippen LogP contribution in [0.25, 0.3) is 5.70 Å². The van der Waals surface area contributed by atoms with Crippen molar-refractivity contribution in [3.05, 3.63) is 64.2 Å². The number of allylic oxidation sites excluding steroid dienone is 1. The van der Waals surface area contributed by atoms with E-state index in [0.29, 0.717) is 6.04 Å². The number of anilines is 1. The van der Waals surface area contributed by atoms with Gasteiger partial charge in [-0.1, -0.05) is 30.3 Å². The van der Waals surface area contributed by atoms with Gasteiger partial charge in [0.2, 0.25) is 0 Å². The molecule has 1 saturated heterocycles. The van der Waals surface area contributed by atoms with Crippen LogP contribution in [0.5, 0.6) is 5.75 Å². The molecular weight excluding hydrogens is 396 g/mol. The fourth-order valence-electron chi connectivity index (χ4n) is 4.79. The molecule has 2 aliphatic rings. The van der Waals surface area contributed by atoms with Crippen LogP contribution in [0.1, 0.15) is 54.5 Å². The van der Waals surface area contributed by atoms with Crippen LogP contribution in [0, 0.1) is 13.8 Å². The van der Waals surface area contributed by atoms with E-state index >= 15 is 0 Å². The number of benzene rings is 2. The van der Waals surface area contributed by atoms with E-state index in [0.717, 1.165) is 67.2 Å².